The fourth-order valence-corrected chi connectivity index (χ4v) is 2.27. The van der Waals surface area contributed by atoms with Crippen molar-refractivity contribution in [3.05, 3.63) is 29.3 Å². The zero-order valence-electron chi connectivity index (χ0n) is 12.6. The Morgan fingerprint density at radius 2 is 2.29 bits per heavy atom. The molecule has 0 radical (unpaired) electrons. The van der Waals surface area contributed by atoms with E-state index in [0.29, 0.717) is 17.9 Å². The third-order valence-electron chi connectivity index (χ3n) is 3.27. The molecule has 0 aliphatic heterocycles. The maximum absolute atomic E-state index is 11.2. The van der Waals surface area contributed by atoms with Gasteiger partial charge >= 0.3 is 0 Å². The van der Waals surface area contributed by atoms with E-state index in [1.165, 1.54) is 7.11 Å². The van der Waals surface area contributed by atoms with Gasteiger partial charge in [0.25, 0.3) is 0 Å². The first kappa shape index (κ1) is 17.5. The monoisotopic (exact) mass is 313 g/mol. The van der Waals surface area contributed by atoms with Gasteiger partial charge in [-0.1, -0.05) is 18.1 Å². The fraction of sp³-hybridized carbons (Fsp3) is 0.500. The van der Waals surface area contributed by atoms with Gasteiger partial charge in [0.15, 0.2) is 5.84 Å². The molecule has 21 heavy (non-hydrogen) atoms. The standard InChI is InChI=1S/C14H23N3O3S/c1-10(21(3)19)6-7-16-9-11-4-5-13(20-2)12(8-11)14(15)17-18/h4-5,8,10,16,18H,6-7,9H2,1-3H3,(H2,15,17). The Labute approximate surface area is 127 Å². The highest BCUT2D eigenvalue weighted by Crippen LogP contribution is 2.19. The summed E-state index contributed by atoms with van der Waals surface area (Å²) in [7, 11) is 0.745. The molecule has 6 nitrogen and oxygen atoms in total. The van der Waals surface area contributed by atoms with Crippen LogP contribution in [0.25, 0.3) is 0 Å². The van der Waals surface area contributed by atoms with Crippen molar-refractivity contribution in [1.29, 1.82) is 0 Å². The number of nitrogens with zero attached hydrogens (tertiary/aromatic N) is 1. The predicted molar refractivity (Wildman–Crippen MR) is 85.4 cm³/mol. The summed E-state index contributed by atoms with van der Waals surface area (Å²) in [6.07, 6.45) is 2.57. The van der Waals surface area contributed by atoms with Crippen LogP contribution < -0.4 is 15.8 Å². The van der Waals surface area contributed by atoms with E-state index in [2.05, 4.69) is 10.5 Å². The second-order valence-electron chi connectivity index (χ2n) is 4.79. The van der Waals surface area contributed by atoms with Gasteiger partial charge in [-0.2, -0.15) is 0 Å². The minimum absolute atomic E-state index is 0.0173. The summed E-state index contributed by atoms with van der Waals surface area (Å²) in [5.41, 5.74) is 7.19. The maximum Gasteiger partial charge on any atom is 0.173 e. The quantitative estimate of drug-likeness (QED) is 0.219. The van der Waals surface area contributed by atoms with Crippen LogP contribution in [-0.2, 0) is 17.3 Å². The molecule has 0 heterocycles. The lowest BCUT2D eigenvalue weighted by Gasteiger charge is -2.11. The number of oxime groups is 1. The van der Waals surface area contributed by atoms with Crippen molar-refractivity contribution in [2.45, 2.75) is 25.1 Å². The number of hydrogen-bond donors (Lipinski definition) is 3. The number of hydrogen-bond acceptors (Lipinski definition) is 5. The van der Waals surface area contributed by atoms with Gasteiger partial charge in [0.2, 0.25) is 0 Å². The summed E-state index contributed by atoms with van der Waals surface area (Å²) < 4.78 is 16.4. The molecule has 4 N–H and O–H groups in total. The molecule has 1 aromatic carbocycles. The smallest absolute Gasteiger partial charge is 0.173 e. The predicted octanol–water partition coefficient (Wildman–Crippen LogP) is 1.04. The summed E-state index contributed by atoms with van der Waals surface area (Å²) in [5.74, 6) is 0.577. The molecule has 0 saturated carbocycles. The molecular weight excluding hydrogens is 290 g/mol. The van der Waals surface area contributed by atoms with E-state index in [1.807, 2.05) is 19.1 Å². The molecule has 0 bridgehead atoms. The van der Waals surface area contributed by atoms with E-state index in [-0.39, 0.29) is 11.1 Å². The minimum atomic E-state index is -0.790. The topological polar surface area (TPSA) is 96.9 Å². The molecular formula is C14H23N3O3S. The van der Waals surface area contributed by atoms with Crippen molar-refractivity contribution < 1.29 is 14.2 Å². The highest BCUT2D eigenvalue weighted by atomic mass is 32.2. The number of nitrogens with one attached hydrogen (secondary N) is 1. The molecule has 0 spiro atoms. The fourth-order valence-electron chi connectivity index (χ4n) is 1.82. The molecule has 1 aromatic rings. The van der Waals surface area contributed by atoms with Crippen LogP contribution in [0.1, 0.15) is 24.5 Å². The number of nitrogens with two attached hydrogens (primary N) is 1. The number of amidine groups is 1. The lowest BCUT2D eigenvalue weighted by molar-refractivity contribution is 0.318. The zero-order chi connectivity index (χ0) is 15.8. The number of rotatable bonds is 8. The average molecular weight is 313 g/mol. The van der Waals surface area contributed by atoms with Crippen LogP contribution in [0.4, 0.5) is 0 Å². The van der Waals surface area contributed by atoms with Crippen molar-refractivity contribution in [3.63, 3.8) is 0 Å². The summed E-state index contributed by atoms with van der Waals surface area (Å²) in [6.45, 7) is 3.41. The third-order valence-corrected chi connectivity index (χ3v) is 4.64. The Bertz CT molecular complexity index is 520. The van der Waals surface area contributed by atoms with Crippen molar-refractivity contribution in [1.82, 2.24) is 5.32 Å². The van der Waals surface area contributed by atoms with Crippen LogP contribution >= 0.6 is 0 Å². The molecule has 2 atom stereocenters. The van der Waals surface area contributed by atoms with Gasteiger partial charge in [-0.05, 0) is 30.7 Å². The van der Waals surface area contributed by atoms with Crippen LogP contribution in [0.5, 0.6) is 5.75 Å². The molecule has 0 aromatic heterocycles. The van der Waals surface area contributed by atoms with Gasteiger partial charge < -0.3 is 21.0 Å². The van der Waals surface area contributed by atoms with Crippen LogP contribution in [0.15, 0.2) is 23.4 Å². The van der Waals surface area contributed by atoms with Crippen LogP contribution in [0.2, 0.25) is 0 Å². The zero-order valence-corrected chi connectivity index (χ0v) is 13.4. The number of benzene rings is 1. The molecule has 0 fully saturated rings. The van der Waals surface area contributed by atoms with E-state index in [0.717, 1.165) is 18.5 Å². The van der Waals surface area contributed by atoms with E-state index in [4.69, 9.17) is 15.7 Å². The molecule has 0 aliphatic rings. The lowest BCUT2D eigenvalue weighted by atomic mass is 10.1. The largest absolute Gasteiger partial charge is 0.496 e. The first-order chi connectivity index (χ1) is 9.99. The molecule has 1 rings (SSSR count). The summed E-state index contributed by atoms with van der Waals surface area (Å²) in [6, 6.07) is 5.53. The molecule has 7 heteroatoms. The van der Waals surface area contributed by atoms with Gasteiger partial charge in [0.1, 0.15) is 5.75 Å². The van der Waals surface area contributed by atoms with Crippen molar-refractivity contribution >= 4 is 16.6 Å². The Morgan fingerprint density at radius 1 is 1.57 bits per heavy atom. The Morgan fingerprint density at radius 3 is 2.86 bits per heavy atom. The van der Waals surface area contributed by atoms with E-state index < -0.39 is 10.8 Å². The van der Waals surface area contributed by atoms with Gasteiger partial charge in [-0.15, -0.1) is 0 Å². The molecule has 0 aliphatic carbocycles. The summed E-state index contributed by atoms with van der Waals surface area (Å²) in [5, 5.41) is 15.3. The summed E-state index contributed by atoms with van der Waals surface area (Å²) in [4.78, 5) is 0. The molecule has 0 amide bonds. The first-order valence-electron chi connectivity index (χ1n) is 6.67. The van der Waals surface area contributed by atoms with Gasteiger partial charge in [0, 0.05) is 28.9 Å². The normalized spacial score (nSPS) is 14.7. The summed E-state index contributed by atoms with van der Waals surface area (Å²) >= 11 is 0. The van der Waals surface area contributed by atoms with Gasteiger partial charge in [-0.25, -0.2) is 0 Å². The Balaban J connectivity index is 2.62. The van der Waals surface area contributed by atoms with Crippen molar-refractivity contribution in [2.75, 3.05) is 19.9 Å². The Kier molecular flexibility index (Phi) is 7.18. The SMILES string of the molecule is COc1ccc(CNCCC(C)S(C)=O)cc1/C(N)=N/O. The highest BCUT2D eigenvalue weighted by Gasteiger charge is 2.09. The van der Waals surface area contributed by atoms with Crippen molar-refractivity contribution in [3.8, 4) is 5.75 Å². The third kappa shape index (κ3) is 5.35. The molecule has 118 valence electrons. The van der Waals surface area contributed by atoms with Crippen molar-refractivity contribution in [2.24, 2.45) is 10.9 Å². The number of ether oxygens (including phenoxy) is 1. The molecule has 2 unspecified atom stereocenters. The number of methoxy groups -OCH3 is 1. The van der Waals surface area contributed by atoms with E-state index in [9.17, 15) is 4.21 Å². The second kappa shape index (κ2) is 8.63. The van der Waals surface area contributed by atoms with E-state index in [1.54, 1.807) is 12.3 Å². The Hall–Kier alpha value is -1.60. The highest BCUT2D eigenvalue weighted by molar-refractivity contribution is 7.84. The minimum Gasteiger partial charge on any atom is -0.496 e. The van der Waals surface area contributed by atoms with Crippen LogP contribution in [0, 0.1) is 0 Å². The molecule has 0 saturated heterocycles. The first-order valence-corrected chi connectivity index (χ1v) is 8.29. The van der Waals surface area contributed by atoms with Gasteiger partial charge in [-0.3, -0.25) is 4.21 Å². The van der Waals surface area contributed by atoms with Crippen LogP contribution in [0.3, 0.4) is 0 Å². The second-order valence-corrected chi connectivity index (χ2v) is 6.60. The van der Waals surface area contributed by atoms with Crippen LogP contribution in [-0.4, -0.2) is 40.4 Å². The average Bonchev–Trinajstić information content (AvgIpc) is 2.50. The van der Waals surface area contributed by atoms with E-state index >= 15 is 0 Å². The van der Waals surface area contributed by atoms with Gasteiger partial charge in [0.05, 0.1) is 12.7 Å². The lowest BCUT2D eigenvalue weighted by Crippen LogP contribution is -2.21. The maximum atomic E-state index is 11.2.